The van der Waals surface area contributed by atoms with Gasteiger partial charge in [0.05, 0.1) is 18.4 Å². The number of ether oxygens (including phenoxy) is 2. The van der Waals surface area contributed by atoms with Crippen LogP contribution in [0.25, 0.3) is 0 Å². The number of pyridine rings is 1. The molecule has 1 aromatic carbocycles. The molecule has 0 saturated carbocycles. The zero-order valence-electron chi connectivity index (χ0n) is 11.2. The van der Waals surface area contributed by atoms with Gasteiger partial charge in [-0.1, -0.05) is 22.9 Å². The lowest BCUT2D eigenvalue weighted by molar-refractivity contribution is 0.0599. The summed E-state index contributed by atoms with van der Waals surface area (Å²) in [6, 6.07) is 10.8. The zero-order chi connectivity index (χ0) is 14.5. The molecule has 0 spiro atoms. The highest BCUT2D eigenvalue weighted by atomic mass is 79.9. The monoisotopic (exact) mass is 335 g/mol. The van der Waals surface area contributed by atoms with E-state index in [0.717, 1.165) is 4.47 Å². The number of benzene rings is 1. The standard InChI is InChI=1S/C15H14BrNO3/c1-3-13-12(15(18)19-2)8-9-14(17-13)20-11-6-4-10(16)5-7-11/h4-9H,3H2,1-2H3. The van der Waals surface area contributed by atoms with Crippen LogP contribution in [0.3, 0.4) is 0 Å². The van der Waals surface area contributed by atoms with Gasteiger partial charge in [-0.05, 0) is 36.8 Å². The number of rotatable bonds is 4. The topological polar surface area (TPSA) is 48.4 Å². The van der Waals surface area contributed by atoms with Crippen LogP contribution in [0, 0.1) is 0 Å². The third kappa shape index (κ3) is 3.36. The lowest BCUT2D eigenvalue weighted by atomic mass is 10.1. The zero-order valence-corrected chi connectivity index (χ0v) is 12.8. The molecule has 0 saturated heterocycles. The number of hydrogen-bond acceptors (Lipinski definition) is 4. The van der Waals surface area contributed by atoms with Gasteiger partial charge in [-0.2, -0.15) is 0 Å². The molecule has 5 heteroatoms. The molecular weight excluding hydrogens is 322 g/mol. The molecule has 2 rings (SSSR count). The van der Waals surface area contributed by atoms with Gasteiger partial charge in [0.1, 0.15) is 5.75 Å². The van der Waals surface area contributed by atoms with E-state index in [2.05, 4.69) is 20.9 Å². The maximum Gasteiger partial charge on any atom is 0.339 e. The summed E-state index contributed by atoms with van der Waals surface area (Å²) in [5.41, 5.74) is 1.13. The summed E-state index contributed by atoms with van der Waals surface area (Å²) < 4.78 is 11.4. The van der Waals surface area contributed by atoms with Crippen molar-refractivity contribution in [3.05, 3.63) is 52.1 Å². The van der Waals surface area contributed by atoms with Crippen LogP contribution >= 0.6 is 15.9 Å². The van der Waals surface area contributed by atoms with E-state index in [1.165, 1.54) is 7.11 Å². The fourth-order valence-electron chi connectivity index (χ4n) is 1.73. The average Bonchev–Trinajstić information content (AvgIpc) is 2.48. The van der Waals surface area contributed by atoms with Crippen molar-refractivity contribution >= 4 is 21.9 Å². The Morgan fingerprint density at radius 3 is 2.50 bits per heavy atom. The molecule has 0 N–H and O–H groups in total. The number of carbonyl (C=O) groups excluding carboxylic acids is 1. The molecule has 20 heavy (non-hydrogen) atoms. The molecular formula is C15H14BrNO3. The number of carbonyl (C=O) groups is 1. The van der Waals surface area contributed by atoms with E-state index in [-0.39, 0.29) is 5.97 Å². The molecule has 2 aromatic rings. The number of aryl methyl sites for hydroxylation is 1. The minimum absolute atomic E-state index is 0.385. The van der Waals surface area contributed by atoms with Crippen LogP contribution < -0.4 is 4.74 Å². The predicted molar refractivity (Wildman–Crippen MR) is 79.2 cm³/mol. The van der Waals surface area contributed by atoms with Gasteiger partial charge in [0.25, 0.3) is 0 Å². The molecule has 0 amide bonds. The molecule has 104 valence electrons. The summed E-state index contributed by atoms with van der Waals surface area (Å²) in [7, 11) is 1.36. The molecule has 0 aliphatic carbocycles. The molecule has 0 bridgehead atoms. The van der Waals surface area contributed by atoms with E-state index in [1.807, 2.05) is 31.2 Å². The molecule has 0 fully saturated rings. The van der Waals surface area contributed by atoms with E-state index in [4.69, 9.17) is 9.47 Å². The first kappa shape index (κ1) is 14.5. The third-order valence-corrected chi connectivity index (χ3v) is 3.25. The lowest BCUT2D eigenvalue weighted by Gasteiger charge is -2.09. The second-order valence-electron chi connectivity index (χ2n) is 4.04. The molecule has 4 nitrogen and oxygen atoms in total. The maximum atomic E-state index is 11.6. The van der Waals surface area contributed by atoms with Crippen molar-refractivity contribution in [2.45, 2.75) is 13.3 Å². The fourth-order valence-corrected chi connectivity index (χ4v) is 1.99. The highest BCUT2D eigenvalue weighted by Crippen LogP contribution is 2.23. The highest BCUT2D eigenvalue weighted by Gasteiger charge is 2.13. The van der Waals surface area contributed by atoms with E-state index >= 15 is 0 Å². The third-order valence-electron chi connectivity index (χ3n) is 2.72. The van der Waals surface area contributed by atoms with Crippen molar-refractivity contribution in [1.82, 2.24) is 4.98 Å². The Bertz CT molecular complexity index is 611. The Kier molecular flexibility index (Phi) is 4.74. The number of aromatic nitrogens is 1. The first-order valence-corrected chi connectivity index (χ1v) is 6.95. The molecule has 1 aromatic heterocycles. The maximum absolute atomic E-state index is 11.6. The SMILES string of the molecule is CCc1nc(Oc2ccc(Br)cc2)ccc1C(=O)OC. The van der Waals surface area contributed by atoms with Crippen LogP contribution in [0.5, 0.6) is 11.6 Å². The molecule has 0 aliphatic rings. The quantitative estimate of drug-likeness (QED) is 0.793. The van der Waals surface area contributed by atoms with E-state index in [0.29, 0.717) is 29.3 Å². The Morgan fingerprint density at radius 2 is 1.90 bits per heavy atom. The number of nitrogens with zero attached hydrogens (tertiary/aromatic N) is 1. The number of hydrogen-bond donors (Lipinski definition) is 0. The van der Waals surface area contributed by atoms with Crippen molar-refractivity contribution in [2.24, 2.45) is 0 Å². The average molecular weight is 336 g/mol. The number of methoxy groups -OCH3 is 1. The van der Waals surface area contributed by atoms with Gasteiger partial charge in [-0.15, -0.1) is 0 Å². The van der Waals surface area contributed by atoms with Crippen molar-refractivity contribution in [3.63, 3.8) is 0 Å². The number of halogens is 1. The second-order valence-corrected chi connectivity index (χ2v) is 4.96. The fraction of sp³-hybridized carbons (Fsp3) is 0.200. The second kappa shape index (κ2) is 6.52. The Balaban J connectivity index is 2.25. The van der Waals surface area contributed by atoms with E-state index in [1.54, 1.807) is 12.1 Å². The van der Waals surface area contributed by atoms with Crippen LogP contribution in [0.2, 0.25) is 0 Å². The van der Waals surface area contributed by atoms with Crippen molar-refractivity contribution in [3.8, 4) is 11.6 Å². The van der Waals surface area contributed by atoms with Gasteiger partial charge in [-0.3, -0.25) is 0 Å². The van der Waals surface area contributed by atoms with Crippen molar-refractivity contribution < 1.29 is 14.3 Å². The Morgan fingerprint density at radius 1 is 1.20 bits per heavy atom. The molecule has 0 radical (unpaired) electrons. The summed E-state index contributed by atoms with van der Waals surface area (Å²) in [4.78, 5) is 15.9. The number of esters is 1. The van der Waals surface area contributed by atoms with E-state index < -0.39 is 0 Å². The molecule has 0 atom stereocenters. The van der Waals surface area contributed by atoms with Gasteiger partial charge >= 0.3 is 5.97 Å². The van der Waals surface area contributed by atoms with Crippen molar-refractivity contribution in [1.29, 1.82) is 0 Å². The predicted octanol–water partition coefficient (Wildman–Crippen LogP) is 3.99. The largest absolute Gasteiger partial charge is 0.465 e. The summed E-state index contributed by atoms with van der Waals surface area (Å²) >= 11 is 3.36. The Labute approximate surface area is 125 Å². The molecule has 0 aliphatic heterocycles. The van der Waals surface area contributed by atoms with Gasteiger partial charge in [0.2, 0.25) is 5.88 Å². The van der Waals surface area contributed by atoms with Gasteiger partial charge < -0.3 is 9.47 Å². The smallest absolute Gasteiger partial charge is 0.339 e. The van der Waals surface area contributed by atoms with Crippen LogP contribution in [-0.2, 0) is 11.2 Å². The van der Waals surface area contributed by atoms with Crippen molar-refractivity contribution in [2.75, 3.05) is 7.11 Å². The summed E-state index contributed by atoms with van der Waals surface area (Å²) in [5.74, 6) is 0.759. The highest BCUT2D eigenvalue weighted by molar-refractivity contribution is 9.10. The van der Waals surface area contributed by atoms with Crippen LogP contribution in [-0.4, -0.2) is 18.1 Å². The lowest BCUT2D eigenvalue weighted by Crippen LogP contribution is -2.07. The first-order chi connectivity index (χ1) is 9.63. The first-order valence-electron chi connectivity index (χ1n) is 6.15. The minimum Gasteiger partial charge on any atom is -0.465 e. The van der Waals surface area contributed by atoms with Crippen LogP contribution in [0.4, 0.5) is 0 Å². The molecule has 1 heterocycles. The van der Waals surface area contributed by atoms with Gasteiger partial charge in [0.15, 0.2) is 0 Å². The van der Waals surface area contributed by atoms with Gasteiger partial charge in [0, 0.05) is 10.5 Å². The minimum atomic E-state index is -0.385. The van der Waals surface area contributed by atoms with Crippen LogP contribution in [0.1, 0.15) is 23.0 Å². The Hall–Kier alpha value is -1.88. The summed E-state index contributed by atoms with van der Waals surface area (Å²) in [5, 5.41) is 0. The van der Waals surface area contributed by atoms with Crippen LogP contribution in [0.15, 0.2) is 40.9 Å². The van der Waals surface area contributed by atoms with Gasteiger partial charge in [-0.25, -0.2) is 9.78 Å². The molecule has 0 unspecified atom stereocenters. The summed E-state index contributed by atoms with van der Waals surface area (Å²) in [6.07, 6.45) is 0.627. The normalized spacial score (nSPS) is 10.2. The summed E-state index contributed by atoms with van der Waals surface area (Å²) in [6.45, 7) is 1.93. The van der Waals surface area contributed by atoms with E-state index in [9.17, 15) is 4.79 Å².